The van der Waals surface area contributed by atoms with Crippen LogP contribution in [0.15, 0.2) is 0 Å². The van der Waals surface area contributed by atoms with E-state index in [1.165, 1.54) is 0 Å². The third kappa shape index (κ3) is 1.26. The van der Waals surface area contributed by atoms with E-state index < -0.39 is 0 Å². The fourth-order valence-corrected chi connectivity index (χ4v) is 1.09. The Morgan fingerprint density at radius 1 is 1.60 bits per heavy atom. The van der Waals surface area contributed by atoms with E-state index in [1.807, 2.05) is 0 Å². The molecular weight excluding hydrogens is 132 g/mol. The highest BCUT2D eigenvalue weighted by molar-refractivity contribution is 5.79. The van der Waals surface area contributed by atoms with Gasteiger partial charge in [0.25, 0.3) is 0 Å². The van der Waals surface area contributed by atoms with E-state index >= 15 is 0 Å². The Bertz CT molecular complexity index is 138. The van der Waals surface area contributed by atoms with Crippen LogP contribution >= 0.6 is 0 Å². The molecule has 1 amide bonds. The van der Waals surface area contributed by atoms with Crippen molar-refractivity contribution in [2.24, 2.45) is 17.5 Å². The summed E-state index contributed by atoms with van der Waals surface area (Å²) in [5.41, 5.74) is 7.65. The molecule has 5 heteroatoms. The van der Waals surface area contributed by atoms with Crippen molar-refractivity contribution in [2.45, 2.75) is 6.04 Å². The zero-order valence-corrected chi connectivity index (χ0v) is 5.63. The van der Waals surface area contributed by atoms with Gasteiger partial charge in [0.2, 0.25) is 5.91 Å². The van der Waals surface area contributed by atoms with Crippen molar-refractivity contribution < 1.29 is 4.79 Å². The zero-order chi connectivity index (χ0) is 7.56. The van der Waals surface area contributed by atoms with Crippen LogP contribution in [0.25, 0.3) is 0 Å². The lowest BCUT2D eigenvalue weighted by Crippen LogP contribution is -2.43. The summed E-state index contributed by atoms with van der Waals surface area (Å²) in [7, 11) is 0. The highest BCUT2D eigenvalue weighted by Crippen LogP contribution is 2.05. The molecule has 2 atom stereocenters. The van der Waals surface area contributed by atoms with Crippen LogP contribution in [0.2, 0.25) is 0 Å². The standard InChI is InChI=1S/C5H12N4O/c6-4-2-8-1-3(4)5(10)9-7/h3-4,8H,1-2,6-7H2,(H,9,10). The molecule has 0 spiro atoms. The second-order valence-corrected chi connectivity index (χ2v) is 2.44. The van der Waals surface area contributed by atoms with Gasteiger partial charge in [-0.3, -0.25) is 10.2 Å². The number of nitrogens with one attached hydrogen (secondary N) is 2. The normalized spacial score (nSPS) is 32.2. The first-order valence-corrected chi connectivity index (χ1v) is 3.22. The minimum atomic E-state index is -0.183. The first-order chi connectivity index (χ1) is 4.75. The molecule has 6 N–H and O–H groups in total. The molecule has 1 heterocycles. The number of hydrogen-bond donors (Lipinski definition) is 4. The molecule has 1 aliphatic heterocycles. The van der Waals surface area contributed by atoms with Crippen molar-refractivity contribution in [1.82, 2.24) is 10.7 Å². The molecule has 0 aromatic heterocycles. The number of hydrazine groups is 1. The van der Waals surface area contributed by atoms with Gasteiger partial charge in [-0.25, -0.2) is 5.84 Å². The predicted octanol–water partition coefficient (Wildman–Crippen LogP) is -2.48. The SMILES string of the molecule is NNC(=O)C1CNCC1N. The van der Waals surface area contributed by atoms with Crippen molar-refractivity contribution >= 4 is 5.91 Å². The molecule has 0 aliphatic carbocycles. The highest BCUT2D eigenvalue weighted by Gasteiger charge is 2.29. The quantitative estimate of drug-likeness (QED) is 0.186. The van der Waals surface area contributed by atoms with Crippen LogP contribution in [0, 0.1) is 5.92 Å². The predicted molar refractivity (Wildman–Crippen MR) is 36.7 cm³/mol. The molecule has 0 aromatic carbocycles. The summed E-state index contributed by atoms with van der Waals surface area (Å²) in [5.74, 6) is 4.59. The molecule has 0 radical (unpaired) electrons. The lowest BCUT2D eigenvalue weighted by Gasteiger charge is -2.10. The third-order valence-electron chi connectivity index (χ3n) is 1.74. The topological polar surface area (TPSA) is 93.2 Å². The second-order valence-electron chi connectivity index (χ2n) is 2.44. The summed E-state index contributed by atoms with van der Waals surface area (Å²) in [6.07, 6.45) is 0. The average Bonchev–Trinajstić information content (AvgIpc) is 2.34. The molecule has 10 heavy (non-hydrogen) atoms. The molecule has 1 rings (SSSR count). The van der Waals surface area contributed by atoms with E-state index in [1.54, 1.807) is 0 Å². The second kappa shape index (κ2) is 2.96. The smallest absolute Gasteiger partial charge is 0.239 e. The minimum absolute atomic E-state index is 0.0939. The van der Waals surface area contributed by atoms with Crippen LogP contribution < -0.4 is 22.3 Å². The van der Waals surface area contributed by atoms with Gasteiger partial charge in [-0.05, 0) is 0 Å². The minimum Gasteiger partial charge on any atom is -0.326 e. The summed E-state index contributed by atoms with van der Waals surface area (Å²) in [4.78, 5) is 10.9. The average molecular weight is 144 g/mol. The Kier molecular flexibility index (Phi) is 2.21. The molecule has 2 unspecified atom stereocenters. The van der Waals surface area contributed by atoms with Gasteiger partial charge >= 0.3 is 0 Å². The van der Waals surface area contributed by atoms with Crippen LogP contribution in [0.1, 0.15) is 0 Å². The first-order valence-electron chi connectivity index (χ1n) is 3.22. The Balaban J connectivity index is 2.46. The van der Waals surface area contributed by atoms with E-state index in [9.17, 15) is 4.79 Å². The van der Waals surface area contributed by atoms with E-state index in [-0.39, 0.29) is 17.9 Å². The zero-order valence-electron chi connectivity index (χ0n) is 5.63. The van der Waals surface area contributed by atoms with Crippen molar-refractivity contribution in [3.8, 4) is 0 Å². The number of rotatable bonds is 1. The van der Waals surface area contributed by atoms with Gasteiger partial charge in [-0.15, -0.1) is 0 Å². The number of nitrogens with two attached hydrogens (primary N) is 2. The van der Waals surface area contributed by atoms with E-state index in [4.69, 9.17) is 11.6 Å². The number of amides is 1. The molecule has 1 fully saturated rings. The maximum absolute atomic E-state index is 10.9. The Morgan fingerprint density at radius 2 is 2.30 bits per heavy atom. The summed E-state index contributed by atoms with van der Waals surface area (Å²) in [6, 6.07) is -0.0939. The number of carbonyl (C=O) groups excluding carboxylic acids is 1. The molecular formula is C5H12N4O. The Labute approximate surface area is 59.1 Å². The summed E-state index contributed by atoms with van der Waals surface area (Å²) >= 11 is 0. The molecule has 0 saturated carbocycles. The highest BCUT2D eigenvalue weighted by atomic mass is 16.2. The summed E-state index contributed by atoms with van der Waals surface area (Å²) in [6.45, 7) is 1.32. The largest absolute Gasteiger partial charge is 0.326 e. The molecule has 1 saturated heterocycles. The van der Waals surface area contributed by atoms with Crippen molar-refractivity contribution in [2.75, 3.05) is 13.1 Å². The van der Waals surface area contributed by atoms with Crippen molar-refractivity contribution in [3.05, 3.63) is 0 Å². The van der Waals surface area contributed by atoms with Crippen LogP contribution in [-0.4, -0.2) is 25.0 Å². The number of hydrogen-bond acceptors (Lipinski definition) is 4. The Morgan fingerprint density at radius 3 is 2.70 bits per heavy atom. The van der Waals surface area contributed by atoms with Gasteiger partial charge in [0.15, 0.2) is 0 Å². The Hall–Kier alpha value is -0.650. The molecule has 5 nitrogen and oxygen atoms in total. The van der Waals surface area contributed by atoms with Crippen LogP contribution in [0.3, 0.4) is 0 Å². The van der Waals surface area contributed by atoms with E-state index in [0.717, 1.165) is 0 Å². The van der Waals surface area contributed by atoms with Gasteiger partial charge in [0, 0.05) is 19.1 Å². The lowest BCUT2D eigenvalue weighted by molar-refractivity contribution is -0.124. The lowest BCUT2D eigenvalue weighted by atomic mass is 10.0. The molecule has 0 bridgehead atoms. The fraction of sp³-hybridized carbons (Fsp3) is 0.800. The van der Waals surface area contributed by atoms with Gasteiger partial charge in [-0.2, -0.15) is 0 Å². The van der Waals surface area contributed by atoms with Crippen molar-refractivity contribution in [1.29, 1.82) is 0 Å². The molecule has 1 aliphatic rings. The van der Waals surface area contributed by atoms with Gasteiger partial charge in [0.1, 0.15) is 0 Å². The third-order valence-corrected chi connectivity index (χ3v) is 1.74. The van der Waals surface area contributed by atoms with E-state index in [0.29, 0.717) is 13.1 Å². The summed E-state index contributed by atoms with van der Waals surface area (Å²) < 4.78 is 0. The first kappa shape index (κ1) is 7.46. The monoisotopic (exact) mass is 144 g/mol. The maximum Gasteiger partial charge on any atom is 0.239 e. The van der Waals surface area contributed by atoms with Gasteiger partial charge in [-0.1, -0.05) is 0 Å². The van der Waals surface area contributed by atoms with Crippen molar-refractivity contribution in [3.63, 3.8) is 0 Å². The van der Waals surface area contributed by atoms with Crippen LogP contribution in [0.4, 0.5) is 0 Å². The van der Waals surface area contributed by atoms with E-state index in [2.05, 4.69) is 10.7 Å². The fourth-order valence-electron chi connectivity index (χ4n) is 1.09. The molecule has 58 valence electrons. The van der Waals surface area contributed by atoms with Crippen LogP contribution in [-0.2, 0) is 4.79 Å². The number of carbonyl (C=O) groups is 1. The molecule has 0 aromatic rings. The summed E-state index contributed by atoms with van der Waals surface area (Å²) in [5, 5.41) is 3.00. The van der Waals surface area contributed by atoms with Gasteiger partial charge < -0.3 is 11.1 Å². The maximum atomic E-state index is 10.9. The van der Waals surface area contributed by atoms with Crippen LogP contribution in [0.5, 0.6) is 0 Å². The van der Waals surface area contributed by atoms with Gasteiger partial charge in [0.05, 0.1) is 5.92 Å².